The van der Waals surface area contributed by atoms with Crippen LogP contribution in [0.1, 0.15) is 40.6 Å². The third-order valence-electron chi connectivity index (χ3n) is 5.81. The molecule has 1 aliphatic heterocycles. The summed E-state index contributed by atoms with van der Waals surface area (Å²) < 4.78 is 19.7. The highest BCUT2D eigenvalue weighted by Gasteiger charge is 2.32. The van der Waals surface area contributed by atoms with E-state index in [0.29, 0.717) is 40.9 Å². The molecule has 1 aliphatic rings. The zero-order chi connectivity index (χ0) is 22.8. The molecule has 33 heavy (non-hydrogen) atoms. The molecule has 0 aliphatic carbocycles. The van der Waals surface area contributed by atoms with Crippen LogP contribution in [0, 0.1) is 12.7 Å². The van der Waals surface area contributed by atoms with Gasteiger partial charge >= 0.3 is 0 Å². The number of aryl methyl sites for hydroxylation is 1. The molecular formula is C25H23FN4O2S. The zero-order valence-corrected chi connectivity index (χ0v) is 19.0. The van der Waals surface area contributed by atoms with Gasteiger partial charge in [0.15, 0.2) is 0 Å². The fourth-order valence-electron chi connectivity index (χ4n) is 4.25. The number of rotatable bonds is 5. The van der Waals surface area contributed by atoms with Crippen LogP contribution >= 0.6 is 11.3 Å². The van der Waals surface area contributed by atoms with E-state index < -0.39 is 0 Å². The summed E-state index contributed by atoms with van der Waals surface area (Å²) in [5, 5.41) is 9.18. The van der Waals surface area contributed by atoms with Crippen molar-refractivity contribution in [2.75, 3.05) is 6.54 Å². The summed E-state index contributed by atoms with van der Waals surface area (Å²) >= 11 is 1.41. The summed E-state index contributed by atoms with van der Waals surface area (Å²) in [5.74, 6) is 0.519. The molecule has 4 aromatic rings. The molecule has 5 rings (SSSR count). The second-order valence-corrected chi connectivity index (χ2v) is 9.34. The van der Waals surface area contributed by atoms with Crippen molar-refractivity contribution >= 4 is 17.2 Å². The Morgan fingerprint density at radius 3 is 2.76 bits per heavy atom. The van der Waals surface area contributed by atoms with Gasteiger partial charge in [-0.1, -0.05) is 30.3 Å². The Balaban J connectivity index is 1.40. The summed E-state index contributed by atoms with van der Waals surface area (Å²) in [4.78, 5) is 20.7. The van der Waals surface area contributed by atoms with E-state index in [1.807, 2.05) is 48.2 Å². The lowest BCUT2D eigenvalue weighted by atomic mass is 9.98. The van der Waals surface area contributed by atoms with E-state index in [4.69, 9.17) is 4.42 Å². The molecule has 6 nitrogen and oxygen atoms in total. The molecule has 0 N–H and O–H groups in total. The molecule has 1 fully saturated rings. The topological polar surface area (TPSA) is 72.1 Å². The molecule has 168 valence electrons. The van der Waals surface area contributed by atoms with Crippen molar-refractivity contribution in [1.29, 1.82) is 0 Å². The van der Waals surface area contributed by atoms with Crippen LogP contribution in [0.4, 0.5) is 4.39 Å². The molecule has 2 aromatic heterocycles. The molecule has 0 saturated carbocycles. The quantitative estimate of drug-likeness (QED) is 0.389. The molecular weight excluding hydrogens is 439 g/mol. The number of nitrogens with zero attached hydrogens (tertiary/aromatic N) is 4. The summed E-state index contributed by atoms with van der Waals surface area (Å²) in [6, 6.07) is 15.9. The van der Waals surface area contributed by atoms with Gasteiger partial charge in [0.25, 0.3) is 5.91 Å². The van der Waals surface area contributed by atoms with E-state index in [1.165, 1.54) is 23.5 Å². The number of likely N-dealkylation sites (tertiary alicyclic amines) is 1. The van der Waals surface area contributed by atoms with Crippen LogP contribution in [0.3, 0.4) is 0 Å². The Bertz CT molecular complexity index is 1270. The van der Waals surface area contributed by atoms with Gasteiger partial charge in [0, 0.05) is 24.6 Å². The van der Waals surface area contributed by atoms with Crippen molar-refractivity contribution in [1.82, 2.24) is 20.1 Å². The number of carbonyl (C=O) groups excluding carboxylic acids is 1. The standard InChI is InChI=1S/C25H23FN4O2S/c1-16-27-22(23(33-16)18-10-7-11-19(26)14-18)25(31)30-13-6-5-12-20(30)15-21-28-29-24(32-21)17-8-3-2-4-9-17/h2-4,7-11,14,20H,5-6,12-13,15H2,1H3. The highest BCUT2D eigenvalue weighted by atomic mass is 32.1. The van der Waals surface area contributed by atoms with E-state index in [0.717, 1.165) is 29.8 Å². The van der Waals surface area contributed by atoms with Gasteiger partial charge in [0.05, 0.1) is 9.88 Å². The van der Waals surface area contributed by atoms with E-state index in [-0.39, 0.29) is 17.8 Å². The molecule has 0 spiro atoms. The van der Waals surface area contributed by atoms with Crippen LogP contribution in [-0.4, -0.2) is 38.6 Å². The minimum Gasteiger partial charge on any atom is -0.421 e. The molecule has 0 bridgehead atoms. The highest BCUT2D eigenvalue weighted by molar-refractivity contribution is 7.15. The number of carbonyl (C=O) groups is 1. The molecule has 1 atom stereocenters. The Kier molecular flexibility index (Phi) is 6.00. The summed E-state index contributed by atoms with van der Waals surface area (Å²) in [6.45, 7) is 2.50. The molecule has 1 amide bonds. The molecule has 8 heteroatoms. The van der Waals surface area contributed by atoms with Crippen LogP contribution in [-0.2, 0) is 6.42 Å². The van der Waals surface area contributed by atoms with Gasteiger partial charge in [-0.15, -0.1) is 21.5 Å². The number of halogens is 1. The predicted octanol–water partition coefficient (Wildman–Crippen LogP) is 5.55. The van der Waals surface area contributed by atoms with Gasteiger partial charge < -0.3 is 9.32 Å². The first kappa shape index (κ1) is 21.5. The molecule has 1 saturated heterocycles. The minimum absolute atomic E-state index is 0.0577. The normalized spacial score (nSPS) is 16.2. The second-order valence-electron chi connectivity index (χ2n) is 8.14. The third kappa shape index (κ3) is 4.57. The van der Waals surface area contributed by atoms with Crippen molar-refractivity contribution in [2.24, 2.45) is 0 Å². The first-order chi connectivity index (χ1) is 16.1. The van der Waals surface area contributed by atoms with Crippen molar-refractivity contribution < 1.29 is 13.6 Å². The summed E-state index contributed by atoms with van der Waals surface area (Å²) in [7, 11) is 0. The average molecular weight is 463 g/mol. The Labute approximate surface area is 195 Å². The van der Waals surface area contributed by atoms with E-state index in [1.54, 1.807) is 6.07 Å². The lowest BCUT2D eigenvalue weighted by Gasteiger charge is -2.35. The van der Waals surface area contributed by atoms with Crippen LogP contribution < -0.4 is 0 Å². The lowest BCUT2D eigenvalue weighted by molar-refractivity contribution is 0.0601. The SMILES string of the molecule is Cc1nc(C(=O)N2CCCCC2Cc2nnc(-c3ccccc3)o2)c(-c2cccc(F)c2)s1. The second kappa shape index (κ2) is 9.23. The van der Waals surface area contributed by atoms with E-state index in [9.17, 15) is 9.18 Å². The maximum atomic E-state index is 13.8. The highest BCUT2D eigenvalue weighted by Crippen LogP contribution is 2.33. The molecule has 3 heterocycles. The van der Waals surface area contributed by atoms with Gasteiger partial charge in [-0.05, 0) is 56.0 Å². The first-order valence-electron chi connectivity index (χ1n) is 11.0. The number of piperidine rings is 1. The van der Waals surface area contributed by atoms with Crippen molar-refractivity contribution in [3.63, 3.8) is 0 Å². The maximum Gasteiger partial charge on any atom is 0.274 e. The number of aromatic nitrogens is 3. The largest absolute Gasteiger partial charge is 0.421 e. The third-order valence-corrected chi connectivity index (χ3v) is 6.83. The molecule has 0 radical (unpaired) electrons. The minimum atomic E-state index is -0.335. The monoisotopic (exact) mass is 462 g/mol. The zero-order valence-electron chi connectivity index (χ0n) is 18.2. The van der Waals surface area contributed by atoms with Crippen LogP contribution in [0.15, 0.2) is 59.0 Å². The Morgan fingerprint density at radius 1 is 1.12 bits per heavy atom. The molecule has 1 unspecified atom stereocenters. The van der Waals surface area contributed by atoms with Crippen LogP contribution in [0.5, 0.6) is 0 Å². The van der Waals surface area contributed by atoms with E-state index >= 15 is 0 Å². The van der Waals surface area contributed by atoms with Gasteiger partial charge in [-0.25, -0.2) is 9.37 Å². The van der Waals surface area contributed by atoms with Gasteiger partial charge in [-0.3, -0.25) is 4.79 Å². The maximum absolute atomic E-state index is 13.8. The van der Waals surface area contributed by atoms with Crippen LogP contribution in [0.25, 0.3) is 21.9 Å². The smallest absolute Gasteiger partial charge is 0.274 e. The lowest BCUT2D eigenvalue weighted by Crippen LogP contribution is -2.45. The summed E-state index contributed by atoms with van der Waals surface area (Å²) in [5.41, 5.74) is 1.91. The average Bonchev–Trinajstić information content (AvgIpc) is 3.46. The van der Waals surface area contributed by atoms with Gasteiger partial charge in [0.1, 0.15) is 11.5 Å². The van der Waals surface area contributed by atoms with E-state index in [2.05, 4.69) is 15.2 Å². The Hall–Kier alpha value is -3.39. The number of benzene rings is 2. The number of amides is 1. The fraction of sp³-hybridized carbons (Fsp3) is 0.280. The number of hydrogen-bond acceptors (Lipinski definition) is 6. The predicted molar refractivity (Wildman–Crippen MR) is 124 cm³/mol. The van der Waals surface area contributed by atoms with Gasteiger partial charge in [-0.2, -0.15) is 0 Å². The number of thiazole rings is 1. The Morgan fingerprint density at radius 2 is 1.94 bits per heavy atom. The summed E-state index contributed by atoms with van der Waals surface area (Å²) in [6.07, 6.45) is 3.30. The first-order valence-corrected chi connectivity index (χ1v) is 11.8. The number of hydrogen-bond donors (Lipinski definition) is 0. The fourth-order valence-corrected chi connectivity index (χ4v) is 5.16. The van der Waals surface area contributed by atoms with Crippen molar-refractivity contribution in [3.05, 3.63) is 77.0 Å². The van der Waals surface area contributed by atoms with Crippen LogP contribution in [0.2, 0.25) is 0 Å². The van der Waals surface area contributed by atoms with Crippen molar-refractivity contribution in [3.8, 4) is 21.9 Å². The van der Waals surface area contributed by atoms with Crippen molar-refractivity contribution in [2.45, 2.75) is 38.6 Å². The van der Waals surface area contributed by atoms with Gasteiger partial charge in [0.2, 0.25) is 11.8 Å². The molecule has 2 aromatic carbocycles.